The van der Waals surface area contributed by atoms with E-state index in [1.165, 1.54) is 18.6 Å². The molecule has 1 N–H and O–H groups in total. The summed E-state index contributed by atoms with van der Waals surface area (Å²) in [6.07, 6.45) is 1.27. The number of nitrogens with one attached hydrogen (secondary N) is 1. The maximum Gasteiger partial charge on any atom is 0.416 e. The van der Waals surface area contributed by atoms with Crippen LogP contribution in [0.4, 0.5) is 13.2 Å². The largest absolute Gasteiger partial charge is 0.416 e. The SMILES string of the molecule is O=C(Cc1ccc(C(F)(F)F)cc1)NC1CCCCC1. The lowest BCUT2D eigenvalue weighted by atomic mass is 9.95. The number of hydrogen-bond donors (Lipinski definition) is 1. The van der Waals surface area contributed by atoms with E-state index in [2.05, 4.69) is 5.32 Å². The summed E-state index contributed by atoms with van der Waals surface area (Å²) in [5.41, 5.74) is -0.0831. The number of amides is 1. The number of benzene rings is 1. The molecule has 2 rings (SSSR count). The van der Waals surface area contributed by atoms with Gasteiger partial charge in [0.25, 0.3) is 0 Å². The van der Waals surface area contributed by atoms with Crippen LogP contribution in [-0.4, -0.2) is 11.9 Å². The Morgan fingerprint density at radius 3 is 2.25 bits per heavy atom. The van der Waals surface area contributed by atoms with E-state index in [-0.39, 0.29) is 18.4 Å². The molecule has 0 heterocycles. The maximum absolute atomic E-state index is 12.4. The topological polar surface area (TPSA) is 29.1 Å². The predicted octanol–water partition coefficient (Wildman–Crippen LogP) is 3.70. The Balaban J connectivity index is 1.87. The second kappa shape index (κ2) is 6.29. The van der Waals surface area contributed by atoms with Crippen LogP contribution in [0.15, 0.2) is 24.3 Å². The second-order valence-electron chi connectivity index (χ2n) is 5.27. The van der Waals surface area contributed by atoms with Gasteiger partial charge in [-0.3, -0.25) is 4.79 Å². The minimum Gasteiger partial charge on any atom is -0.353 e. The normalized spacial score (nSPS) is 16.9. The molecular formula is C15H18F3NO. The Morgan fingerprint density at radius 2 is 1.70 bits per heavy atom. The number of carbonyl (C=O) groups is 1. The molecule has 0 aliphatic heterocycles. The summed E-state index contributed by atoms with van der Waals surface area (Å²) in [5.74, 6) is -0.114. The van der Waals surface area contributed by atoms with Gasteiger partial charge in [-0.25, -0.2) is 0 Å². The molecule has 2 nitrogen and oxygen atoms in total. The molecule has 0 aromatic heterocycles. The minimum absolute atomic E-state index is 0.114. The van der Waals surface area contributed by atoms with Crippen molar-refractivity contribution in [3.8, 4) is 0 Å². The third-order valence-electron chi connectivity index (χ3n) is 3.62. The summed E-state index contributed by atoms with van der Waals surface area (Å²) in [6.45, 7) is 0. The summed E-state index contributed by atoms with van der Waals surface area (Å²) in [5, 5.41) is 2.95. The van der Waals surface area contributed by atoms with E-state index in [9.17, 15) is 18.0 Å². The lowest BCUT2D eigenvalue weighted by molar-refractivity contribution is -0.137. The van der Waals surface area contributed by atoms with Crippen molar-refractivity contribution in [2.24, 2.45) is 0 Å². The van der Waals surface area contributed by atoms with Crippen LogP contribution in [0.1, 0.15) is 43.2 Å². The highest BCUT2D eigenvalue weighted by Gasteiger charge is 2.30. The molecule has 1 aliphatic carbocycles. The van der Waals surface area contributed by atoms with Crippen LogP contribution in [0.2, 0.25) is 0 Å². The summed E-state index contributed by atoms with van der Waals surface area (Å²) >= 11 is 0. The summed E-state index contributed by atoms with van der Waals surface area (Å²) < 4.78 is 37.2. The fourth-order valence-electron chi connectivity index (χ4n) is 2.52. The van der Waals surface area contributed by atoms with Gasteiger partial charge in [-0.2, -0.15) is 13.2 Å². The second-order valence-corrected chi connectivity index (χ2v) is 5.27. The lowest BCUT2D eigenvalue weighted by Gasteiger charge is -2.22. The molecule has 0 bridgehead atoms. The summed E-state index contributed by atoms with van der Waals surface area (Å²) in [4.78, 5) is 11.8. The first-order valence-electron chi connectivity index (χ1n) is 6.90. The first kappa shape index (κ1) is 14.9. The standard InChI is InChI=1S/C15H18F3NO/c16-15(17,18)12-8-6-11(7-9-12)10-14(20)19-13-4-2-1-3-5-13/h6-9,13H,1-5,10H2,(H,19,20). The Morgan fingerprint density at radius 1 is 1.10 bits per heavy atom. The Bertz CT molecular complexity index is 447. The van der Waals surface area contributed by atoms with Crippen molar-refractivity contribution < 1.29 is 18.0 Å². The zero-order valence-corrected chi connectivity index (χ0v) is 11.2. The minimum atomic E-state index is -4.33. The highest BCUT2D eigenvalue weighted by atomic mass is 19.4. The van der Waals surface area contributed by atoms with Crippen LogP contribution < -0.4 is 5.32 Å². The number of alkyl halides is 3. The van der Waals surface area contributed by atoms with Gasteiger partial charge in [-0.15, -0.1) is 0 Å². The molecule has 0 unspecified atom stereocenters. The molecule has 1 fully saturated rings. The molecule has 1 amide bonds. The van der Waals surface area contributed by atoms with Crippen molar-refractivity contribution in [3.63, 3.8) is 0 Å². The van der Waals surface area contributed by atoms with Crippen LogP contribution in [0.25, 0.3) is 0 Å². The Hall–Kier alpha value is -1.52. The van der Waals surface area contributed by atoms with Crippen molar-refractivity contribution >= 4 is 5.91 Å². The fraction of sp³-hybridized carbons (Fsp3) is 0.533. The molecule has 0 spiro atoms. The quantitative estimate of drug-likeness (QED) is 0.901. The van der Waals surface area contributed by atoms with E-state index < -0.39 is 11.7 Å². The van der Waals surface area contributed by atoms with E-state index >= 15 is 0 Å². The predicted molar refractivity (Wildman–Crippen MR) is 70.2 cm³/mol. The molecule has 1 saturated carbocycles. The fourth-order valence-corrected chi connectivity index (χ4v) is 2.52. The van der Waals surface area contributed by atoms with Gasteiger partial charge in [0, 0.05) is 6.04 Å². The van der Waals surface area contributed by atoms with E-state index in [4.69, 9.17) is 0 Å². The van der Waals surface area contributed by atoms with Gasteiger partial charge in [0.2, 0.25) is 5.91 Å². The molecule has 20 heavy (non-hydrogen) atoms. The zero-order chi connectivity index (χ0) is 14.6. The van der Waals surface area contributed by atoms with E-state index in [1.54, 1.807) is 0 Å². The molecule has 1 aromatic rings. The van der Waals surface area contributed by atoms with Crippen molar-refractivity contribution in [1.82, 2.24) is 5.32 Å². The molecule has 0 saturated heterocycles. The van der Waals surface area contributed by atoms with Crippen LogP contribution in [0, 0.1) is 0 Å². The summed E-state index contributed by atoms with van der Waals surface area (Å²) in [6, 6.07) is 4.99. The van der Waals surface area contributed by atoms with Gasteiger partial charge in [0.1, 0.15) is 0 Å². The Labute approximate surface area is 116 Å². The highest BCUT2D eigenvalue weighted by molar-refractivity contribution is 5.78. The molecule has 110 valence electrons. The van der Waals surface area contributed by atoms with Crippen LogP contribution in [-0.2, 0) is 17.4 Å². The number of rotatable bonds is 3. The van der Waals surface area contributed by atoms with Gasteiger partial charge in [-0.1, -0.05) is 31.4 Å². The van der Waals surface area contributed by atoms with E-state index in [0.29, 0.717) is 5.56 Å². The molecule has 1 aromatic carbocycles. The Kier molecular flexibility index (Phi) is 4.68. The van der Waals surface area contributed by atoms with Gasteiger partial charge >= 0.3 is 6.18 Å². The third-order valence-corrected chi connectivity index (χ3v) is 3.62. The molecule has 1 aliphatic rings. The monoisotopic (exact) mass is 285 g/mol. The van der Waals surface area contributed by atoms with E-state index in [0.717, 1.165) is 37.8 Å². The molecule has 0 atom stereocenters. The zero-order valence-electron chi connectivity index (χ0n) is 11.2. The highest BCUT2D eigenvalue weighted by Crippen LogP contribution is 2.29. The van der Waals surface area contributed by atoms with Crippen LogP contribution in [0.5, 0.6) is 0 Å². The van der Waals surface area contributed by atoms with Crippen molar-refractivity contribution in [1.29, 1.82) is 0 Å². The smallest absolute Gasteiger partial charge is 0.353 e. The van der Waals surface area contributed by atoms with Crippen molar-refractivity contribution in [2.75, 3.05) is 0 Å². The first-order valence-corrected chi connectivity index (χ1v) is 6.90. The van der Waals surface area contributed by atoms with Crippen molar-refractivity contribution in [3.05, 3.63) is 35.4 Å². The average molecular weight is 285 g/mol. The van der Waals surface area contributed by atoms with Crippen LogP contribution >= 0.6 is 0 Å². The molecular weight excluding hydrogens is 267 g/mol. The number of halogens is 3. The number of hydrogen-bond acceptors (Lipinski definition) is 1. The number of carbonyl (C=O) groups excluding carboxylic acids is 1. The van der Waals surface area contributed by atoms with Gasteiger partial charge in [0.15, 0.2) is 0 Å². The van der Waals surface area contributed by atoms with Gasteiger partial charge in [0.05, 0.1) is 12.0 Å². The van der Waals surface area contributed by atoms with Gasteiger partial charge < -0.3 is 5.32 Å². The first-order chi connectivity index (χ1) is 9.45. The summed E-state index contributed by atoms with van der Waals surface area (Å²) in [7, 11) is 0. The molecule has 5 heteroatoms. The average Bonchev–Trinajstić information content (AvgIpc) is 2.39. The lowest BCUT2D eigenvalue weighted by Crippen LogP contribution is -2.37. The van der Waals surface area contributed by atoms with Crippen LogP contribution in [0.3, 0.4) is 0 Å². The van der Waals surface area contributed by atoms with Gasteiger partial charge in [-0.05, 0) is 30.5 Å². The van der Waals surface area contributed by atoms with Crippen molar-refractivity contribution in [2.45, 2.75) is 50.7 Å². The van der Waals surface area contributed by atoms with E-state index in [1.807, 2.05) is 0 Å². The molecule has 0 radical (unpaired) electrons. The maximum atomic E-state index is 12.4. The third kappa shape index (κ3) is 4.25.